The van der Waals surface area contributed by atoms with Gasteiger partial charge in [0.05, 0.1) is 6.54 Å². The maximum absolute atomic E-state index is 5.66. The van der Waals surface area contributed by atoms with Gasteiger partial charge in [0.25, 0.3) is 0 Å². The Labute approximate surface area is 113 Å². The summed E-state index contributed by atoms with van der Waals surface area (Å²) in [7, 11) is 0. The van der Waals surface area contributed by atoms with Crippen molar-refractivity contribution in [2.75, 3.05) is 13.2 Å². The number of hydrogen-bond donors (Lipinski definition) is 0. The molecule has 3 rings (SSSR count). The van der Waals surface area contributed by atoms with Crippen LogP contribution in [0.25, 0.3) is 11.1 Å². The first-order valence-corrected chi connectivity index (χ1v) is 6.60. The van der Waals surface area contributed by atoms with Crippen molar-refractivity contribution < 1.29 is 4.74 Å². The van der Waals surface area contributed by atoms with Gasteiger partial charge in [-0.15, -0.1) is 0 Å². The van der Waals surface area contributed by atoms with Crippen molar-refractivity contribution in [3.05, 3.63) is 59.2 Å². The molecule has 0 aromatic heterocycles. The van der Waals surface area contributed by atoms with Gasteiger partial charge < -0.3 is 4.74 Å². The summed E-state index contributed by atoms with van der Waals surface area (Å²) < 4.78 is 5.66. The number of aliphatic imine (C=N–C) groups is 1. The molecule has 2 aromatic rings. The van der Waals surface area contributed by atoms with Crippen LogP contribution in [-0.2, 0) is 4.74 Å². The minimum atomic E-state index is 0.691. The molecule has 2 heteroatoms. The average Bonchev–Trinajstić information content (AvgIpc) is 2.93. The van der Waals surface area contributed by atoms with Crippen molar-refractivity contribution in [3.8, 4) is 11.1 Å². The lowest BCUT2D eigenvalue weighted by Gasteiger charge is -2.12. The molecule has 0 spiro atoms. The van der Waals surface area contributed by atoms with Crippen LogP contribution in [0.4, 0.5) is 0 Å². The minimum Gasteiger partial charge on any atom is -0.475 e. The molecule has 0 amide bonds. The first-order valence-electron chi connectivity index (χ1n) is 6.60. The highest BCUT2D eigenvalue weighted by Crippen LogP contribution is 2.28. The lowest BCUT2D eigenvalue weighted by molar-refractivity contribution is 0.348. The van der Waals surface area contributed by atoms with Gasteiger partial charge >= 0.3 is 0 Å². The van der Waals surface area contributed by atoms with Crippen LogP contribution in [0.5, 0.6) is 0 Å². The van der Waals surface area contributed by atoms with E-state index in [1.807, 2.05) is 0 Å². The number of benzene rings is 2. The Morgan fingerprint density at radius 1 is 1.00 bits per heavy atom. The highest BCUT2D eigenvalue weighted by atomic mass is 16.5. The van der Waals surface area contributed by atoms with Crippen molar-refractivity contribution in [1.29, 1.82) is 0 Å². The van der Waals surface area contributed by atoms with Gasteiger partial charge in [-0.1, -0.05) is 48.0 Å². The predicted octanol–water partition coefficient (Wildman–Crippen LogP) is 3.75. The lowest BCUT2D eigenvalue weighted by atomic mass is 9.95. The van der Waals surface area contributed by atoms with E-state index in [9.17, 15) is 0 Å². The van der Waals surface area contributed by atoms with Gasteiger partial charge in [-0.2, -0.15) is 0 Å². The van der Waals surface area contributed by atoms with Gasteiger partial charge in [-0.25, -0.2) is 4.99 Å². The van der Waals surface area contributed by atoms with Gasteiger partial charge in [-0.05, 0) is 30.5 Å². The highest BCUT2D eigenvalue weighted by molar-refractivity contribution is 6.02. The minimum absolute atomic E-state index is 0.691. The Balaban J connectivity index is 2.15. The van der Waals surface area contributed by atoms with Crippen LogP contribution in [0.3, 0.4) is 0 Å². The molecule has 0 aliphatic carbocycles. The number of nitrogens with zero attached hydrogens (tertiary/aromatic N) is 1. The van der Waals surface area contributed by atoms with E-state index in [1.54, 1.807) is 0 Å². The fourth-order valence-electron chi connectivity index (χ4n) is 2.41. The van der Waals surface area contributed by atoms with E-state index >= 15 is 0 Å². The second-order valence-corrected chi connectivity index (χ2v) is 4.90. The normalized spacial score (nSPS) is 14.1. The summed E-state index contributed by atoms with van der Waals surface area (Å²) in [6.07, 6.45) is 0. The van der Waals surface area contributed by atoms with Crippen LogP contribution in [0.1, 0.15) is 16.7 Å². The molecule has 0 radical (unpaired) electrons. The van der Waals surface area contributed by atoms with Crippen LogP contribution >= 0.6 is 0 Å². The fraction of sp³-hybridized carbons (Fsp3) is 0.235. The van der Waals surface area contributed by atoms with E-state index in [0.29, 0.717) is 6.61 Å². The highest BCUT2D eigenvalue weighted by Gasteiger charge is 2.17. The molecule has 96 valence electrons. The molecule has 0 fully saturated rings. The summed E-state index contributed by atoms with van der Waals surface area (Å²) in [5.41, 5.74) is 6.01. The molecule has 0 bridgehead atoms. The standard InChI is InChI=1S/C17H17NO/c1-12-6-8-14(9-7-12)15-5-3-4-13(2)16(15)17-18-10-11-19-17/h3-9H,10-11H2,1-2H3. The maximum Gasteiger partial charge on any atom is 0.217 e. The third kappa shape index (κ3) is 2.26. The van der Waals surface area contributed by atoms with E-state index in [4.69, 9.17) is 4.74 Å². The Morgan fingerprint density at radius 3 is 2.47 bits per heavy atom. The Bertz CT molecular complexity index is 626. The van der Waals surface area contributed by atoms with Crippen LogP contribution in [0, 0.1) is 13.8 Å². The molecule has 2 nitrogen and oxygen atoms in total. The lowest BCUT2D eigenvalue weighted by Crippen LogP contribution is -2.06. The zero-order valence-electron chi connectivity index (χ0n) is 11.3. The van der Waals surface area contributed by atoms with E-state index in [2.05, 4.69) is 61.3 Å². The smallest absolute Gasteiger partial charge is 0.217 e. The SMILES string of the molecule is Cc1ccc(-c2cccc(C)c2C2=NCCO2)cc1. The topological polar surface area (TPSA) is 21.6 Å². The molecule has 0 N–H and O–H groups in total. The molecule has 1 aliphatic rings. The molecule has 0 saturated carbocycles. The molecule has 19 heavy (non-hydrogen) atoms. The zero-order chi connectivity index (χ0) is 13.2. The van der Waals surface area contributed by atoms with Crippen molar-refractivity contribution in [1.82, 2.24) is 0 Å². The van der Waals surface area contributed by atoms with Gasteiger partial charge in [0.15, 0.2) is 0 Å². The average molecular weight is 251 g/mol. The van der Waals surface area contributed by atoms with E-state index in [-0.39, 0.29) is 0 Å². The number of hydrogen-bond acceptors (Lipinski definition) is 2. The number of rotatable bonds is 2. The predicted molar refractivity (Wildman–Crippen MR) is 78.7 cm³/mol. The van der Waals surface area contributed by atoms with Crippen molar-refractivity contribution in [2.24, 2.45) is 4.99 Å². The molecule has 0 atom stereocenters. The van der Waals surface area contributed by atoms with Gasteiger partial charge in [-0.3, -0.25) is 0 Å². The fourth-order valence-corrected chi connectivity index (χ4v) is 2.41. The van der Waals surface area contributed by atoms with Crippen molar-refractivity contribution >= 4 is 5.90 Å². The van der Waals surface area contributed by atoms with Crippen LogP contribution in [0.15, 0.2) is 47.5 Å². The second-order valence-electron chi connectivity index (χ2n) is 4.90. The summed E-state index contributed by atoms with van der Waals surface area (Å²) in [5.74, 6) is 0.786. The number of aryl methyl sites for hydroxylation is 2. The van der Waals surface area contributed by atoms with E-state index in [0.717, 1.165) is 18.0 Å². The number of ether oxygens (including phenoxy) is 1. The van der Waals surface area contributed by atoms with E-state index < -0.39 is 0 Å². The second kappa shape index (κ2) is 4.88. The largest absolute Gasteiger partial charge is 0.475 e. The van der Waals surface area contributed by atoms with Crippen LogP contribution < -0.4 is 0 Å². The summed E-state index contributed by atoms with van der Waals surface area (Å²) in [5, 5.41) is 0. The van der Waals surface area contributed by atoms with Gasteiger partial charge in [0, 0.05) is 5.56 Å². The van der Waals surface area contributed by atoms with Crippen LogP contribution in [-0.4, -0.2) is 19.0 Å². The summed E-state index contributed by atoms with van der Waals surface area (Å²) in [6, 6.07) is 14.9. The van der Waals surface area contributed by atoms with Crippen molar-refractivity contribution in [3.63, 3.8) is 0 Å². The first-order chi connectivity index (χ1) is 9.25. The Kier molecular flexibility index (Phi) is 3.08. The first kappa shape index (κ1) is 12.0. The Hall–Kier alpha value is -2.09. The molecular formula is C17H17NO. The molecule has 0 saturated heterocycles. The summed E-state index contributed by atoms with van der Waals surface area (Å²) in [6.45, 7) is 5.66. The van der Waals surface area contributed by atoms with Gasteiger partial charge in [0.2, 0.25) is 5.90 Å². The third-order valence-corrected chi connectivity index (χ3v) is 3.43. The summed E-state index contributed by atoms with van der Waals surface area (Å²) in [4.78, 5) is 4.46. The van der Waals surface area contributed by atoms with Crippen LogP contribution in [0.2, 0.25) is 0 Å². The molecule has 2 aromatic carbocycles. The Morgan fingerprint density at radius 2 is 1.79 bits per heavy atom. The quantitative estimate of drug-likeness (QED) is 0.796. The molecule has 1 heterocycles. The van der Waals surface area contributed by atoms with E-state index in [1.165, 1.54) is 22.3 Å². The van der Waals surface area contributed by atoms with Crippen molar-refractivity contribution in [2.45, 2.75) is 13.8 Å². The maximum atomic E-state index is 5.66. The zero-order valence-corrected chi connectivity index (χ0v) is 11.3. The van der Waals surface area contributed by atoms with Gasteiger partial charge in [0.1, 0.15) is 6.61 Å². The third-order valence-electron chi connectivity index (χ3n) is 3.43. The molecule has 1 aliphatic heterocycles. The molecule has 0 unspecified atom stereocenters. The monoisotopic (exact) mass is 251 g/mol. The summed E-state index contributed by atoms with van der Waals surface area (Å²) >= 11 is 0. The molecular weight excluding hydrogens is 234 g/mol.